The van der Waals surface area contributed by atoms with Crippen LogP contribution in [0.2, 0.25) is 0 Å². The molecule has 0 saturated heterocycles. The molecule has 2 rings (SSSR count). The van der Waals surface area contributed by atoms with Crippen molar-refractivity contribution in [1.29, 1.82) is 0 Å². The Balaban J connectivity index is 2.82. The van der Waals surface area contributed by atoms with E-state index in [-0.39, 0.29) is 34.4 Å². The van der Waals surface area contributed by atoms with E-state index in [9.17, 15) is 14.4 Å². The molecule has 120 valence electrons. The number of aliphatic imine (C=N–C) groups is 1. The molecular weight excluding hydrogens is 298 g/mol. The Morgan fingerprint density at radius 3 is 2.57 bits per heavy atom. The summed E-state index contributed by atoms with van der Waals surface area (Å²) in [6.07, 6.45) is 1.44. The topological polar surface area (TPSA) is 85.9 Å². The predicted molar refractivity (Wildman–Crippen MR) is 84.9 cm³/mol. The van der Waals surface area contributed by atoms with Crippen LogP contribution in [0.25, 0.3) is 11.0 Å². The molecule has 0 aliphatic heterocycles. The number of carbonyl (C=O) groups is 1. The summed E-state index contributed by atoms with van der Waals surface area (Å²) >= 11 is 0. The molecule has 0 radical (unpaired) electrons. The molecule has 0 spiro atoms. The number of fused-ring (bicyclic) bond motifs is 1. The van der Waals surface area contributed by atoms with E-state index in [1.54, 1.807) is 19.1 Å². The molecule has 0 bridgehead atoms. The van der Waals surface area contributed by atoms with Crippen LogP contribution >= 0.6 is 0 Å². The number of hydrogen-bond acceptors (Lipinski definition) is 6. The fraction of sp³-hybridized carbons (Fsp3) is 0.353. The lowest BCUT2D eigenvalue weighted by Gasteiger charge is -2.19. The van der Waals surface area contributed by atoms with Crippen molar-refractivity contribution in [2.45, 2.75) is 33.1 Å². The highest BCUT2D eigenvalue weighted by Gasteiger charge is 2.20. The minimum absolute atomic E-state index is 0.0666. The third-order valence-electron chi connectivity index (χ3n) is 3.32. The van der Waals surface area contributed by atoms with Gasteiger partial charge >= 0.3 is 5.97 Å². The number of hydrogen-bond donors (Lipinski definition) is 0. The van der Waals surface area contributed by atoms with Crippen LogP contribution in [0.1, 0.15) is 43.8 Å². The standard InChI is InChI=1S/C17H17NO5/c1-5-22-16(21)14-8-13(20)11-6-10(17(2,3)4)7-12(18-9-19)15(11)23-14/h6-8H,5H2,1-4H3. The van der Waals surface area contributed by atoms with Gasteiger partial charge in [-0.15, -0.1) is 0 Å². The summed E-state index contributed by atoms with van der Waals surface area (Å²) in [4.78, 5) is 38.4. The Labute approximate surface area is 132 Å². The molecule has 0 aliphatic rings. The zero-order valence-corrected chi connectivity index (χ0v) is 13.4. The van der Waals surface area contributed by atoms with Crippen molar-refractivity contribution in [1.82, 2.24) is 0 Å². The van der Waals surface area contributed by atoms with E-state index in [4.69, 9.17) is 9.15 Å². The first-order valence-electron chi connectivity index (χ1n) is 7.15. The fourth-order valence-corrected chi connectivity index (χ4v) is 2.11. The molecule has 0 aliphatic carbocycles. The quantitative estimate of drug-likeness (QED) is 0.493. The molecule has 2 aromatic rings. The highest BCUT2D eigenvalue weighted by molar-refractivity contribution is 5.93. The van der Waals surface area contributed by atoms with E-state index in [2.05, 4.69) is 4.99 Å². The molecule has 23 heavy (non-hydrogen) atoms. The van der Waals surface area contributed by atoms with Gasteiger partial charge in [0.15, 0.2) is 11.0 Å². The van der Waals surface area contributed by atoms with Gasteiger partial charge in [0.1, 0.15) is 5.69 Å². The minimum atomic E-state index is -0.743. The van der Waals surface area contributed by atoms with Crippen molar-refractivity contribution >= 4 is 28.7 Å². The predicted octanol–water partition coefficient (Wildman–Crippen LogP) is 3.23. The van der Waals surface area contributed by atoms with Crippen LogP contribution in [-0.4, -0.2) is 18.7 Å². The monoisotopic (exact) mass is 315 g/mol. The van der Waals surface area contributed by atoms with Gasteiger partial charge in [-0.05, 0) is 30.0 Å². The van der Waals surface area contributed by atoms with Gasteiger partial charge in [-0.1, -0.05) is 20.8 Å². The van der Waals surface area contributed by atoms with Crippen LogP contribution in [0.5, 0.6) is 0 Å². The second kappa shape index (κ2) is 6.18. The summed E-state index contributed by atoms with van der Waals surface area (Å²) < 4.78 is 10.3. The van der Waals surface area contributed by atoms with Crippen LogP contribution in [0.4, 0.5) is 5.69 Å². The first-order chi connectivity index (χ1) is 10.8. The smallest absolute Gasteiger partial charge is 0.374 e. The maximum atomic E-state index is 12.3. The van der Waals surface area contributed by atoms with E-state index in [0.29, 0.717) is 0 Å². The lowest BCUT2D eigenvalue weighted by atomic mass is 9.86. The van der Waals surface area contributed by atoms with Gasteiger partial charge < -0.3 is 9.15 Å². The Hall–Kier alpha value is -2.72. The number of benzene rings is 1. The molecule has 6 heteroatoms. The van der Waals surface area contributed by atoms with E-state index < -0.39 is 11.4 Å². The van der Waals surface area contributed by atoms with Gasteiger partial charge in [-0.25, -0.2) is 9.59 Å². The van der Waals surface area contributed by atoms with Gasteiger partial charge in [0, 0.05) is 6.07 Å². The second-order valence-corrected chi connectivity index (χ2v) is 6.02. The number of isocyanates is 1. The molecule has 0 atom stereocenters. The van der Waals surface area contributed by atoms with Crippen molar-refractivity contribution in [3.63, 3.8) is 0 Å². The normalized spacial score (nSPS) is 11.1. The van der Waals surface area contributed by atoms with Crippen LogP contribution in [0.3, 0.4) is 0 Å². The van der Waals surface area contributed by atoms with E-state index in [0.717, 1.165) is 11.6 Å². The first-order valence-corrected chi connectivity index (χ1v) is 7.15. The zero-order chi connectivity index (χ0) is 17.2. The number of esters is 1. The number of rotatable bonds is 3. The lowest BCUT2D eigenvalue weighted by Crippen LogP contribution is -2.14. The Morgan fingerprint density at radius 2 is 2.00 bits per heavy atom. The van der Waals surface area contributed by atoms with E-state index in [1.807, 2.05) is 20.8 Å². The summed E-state index contributed by atoms with van der Waals surface area (Å²) in [5.41, 5.74) is 0.383. The summed E-state index contributed by atoms with van der Waals surface area (Å²) in [6.45, 7) is 7.71. The first kappa shape index (κ1) is 16.6. The molecule has 0 saturated carbocycles. The Morgan fingerprint density at radius 1 is 1.30 bits per heavy atom. The highest BCUT2D eigenvalue weighted by Crippen LogP contribution is 2.32. The number of carbonyl (C=O) groups excluding carboxylic acids is 2. The van der Waals surface area contributed by atoms with Crippen LogP contribution in [0, 0.1) is 0 Å². The average molecular weight is 315 g/mol. The van der Waals surface area contributed by atoms with Gasteiger partial charge in [0.05, 0.1) is 12.0 Å². The molecule has 0 N–H and O–H groups in total. The molecular formula is C17H17NO5. The molecule has 1 heterocycles. The van der Waals surface area contributed by atoms with Gasteiger partial charge in [0.2, 0.25) is 11.8 Å². The summed E-state index contributed by atoms with van der Waals surface area (Å²) in [7, 11) is 0. The highest BCUT2D eigenvalue weighted by atomic mass is 16.5. The summed E-state index contributed by atoms with van der Waals surface area (Å²) in [5.74, 6) is -0.970. The third-order valence-corrected chi connectivity index (χ3v) is 3.32. The Bertz CT molecular complexity index is 867. The lowest BCUT2D eigenvalue weighted by molar-refractivity contribution is 0.0490. The maximum absolute atomic E-state index is 12.3. The van der Waals surface area contributed by atoms with Crippen LogP contribution in [0.15, 0.2) is 32.4 Å². The number of ether oxygens (including phenoxy) is 1. The van der Waals surface area contributed by atoms with E-state index >= 15 is 0 Å². The molecule has 6 nitrogen and oxygen atoms in total. The van der Waals surface area contributed by atoms with Crippen molar-refractivity contribution in [2.24, 2.45) is 4.99 Å². The number of nitrogens with zero attached hydrogens (tertiary/aromatic N) is 1. The summed E-state index contributed by atoms with van der Waals surface area (Å²) in [6, 6.07) is 4.41. The largest absolute Gasteiger partial charge is 0.460 e. The molecule has 0 amide bonds. The molecule has 1 aromatic carbocycles. The summed E-state index contributed by atoms with van der Waals surface area (Å²) in [5, 5.41) is 0.250. The van der Waals surface area contributed by atoms with Crippen molar-refractivity contribution < 1.29 is 18.7 Å². The van der Waals surface area contributed by atoms with E-state index in [1.165, 1.54) is 6.08 Å². The third kappa shape index (κ3) is 3.38. The van der Waals surface area contributed by atoms with Gasteiger partial charge in [-0.3, -0.25) is 4.79 Å². The molecule has 0 unspecified atom stereocenters. The van der Waals surface area contributed by atoms with Gasteiger partial charge in [-0.2, -0.15) is 4.99 Å². The molecule has 1 aromatic heterocycles. The SMILES string of the molecule is CCOC(=O)c1cc(=O)c2cc(C(C)(C)C)cc(N=C=O)c2o1. The van der Waals surface area contributed by atoms with Crippen molar-refractivity contribution in [2.75, 3.05) is 6.61 Å². The average Bonchev–Trinajstić information content (AvgIpc) is 2.47. The van der Waals surface area contributed by atoms with Crippen LogP contribution in [-0.2, 0) is 14.9 Å². The zero-order valence-electron chi connectivity index (χ0n) is 13.4. The van der Waals surface area contributed by atoms with Crippen molar-refractivity contribution in [3.8, 4) is 0 Å². The van der Waals surface area contributed by atoms with Crippen LogP contribution < -0.4 is 5.43 Å². The maximum Gasteiger partial charge on any atom is 0.374 e. The van der Waals surface area contributed by atoms with Gasteiger partial charge in [0.25, 0.3) is 0 Å². The fourth-order valence-electron chi connectivity index (χ4n) is 2.11. The van der Waals surface area contributed by atoms with Crippen molar-refractivity contribution in [3.05, 3.63) is 39.7 Å². The minimum Gasteiger partial charge on any atom is -0.460 e. The molecule has 0 fully saturated rings. The Kier molecular flexibility index (Phi) is 4.48. The second-order valence-electron chi connectivity index (χ2n) is 6.02.